The highest BCUT2D eigenvalue weighted by atomic mass is 16.6. The van der Waals surface area contributed by atoms with Gasteiger partial charge in [-0.1, -0.05) is 269 Å². The minimum absolute atomic E-state index is 0.0916. The molecule has 0 spiro atoms. The molecule has 0 aromatic rings. The second-order valence-electron chi connectivity index (χ2n) is 20.2. The van der Waals surface area contributed by atoms with Crippen molar-refractivity contribution in [3.63, 3.8) is 0 Å². The molecule has 0 bridgehead atoms. The van der Waals surface area contributed by atoms with E-state index in [2.05, 4.69) is 167 Å². The van der Waals surface area contributed by atoms with Gasteiger partial charge in [-0.2, -0.15) is 0 Å². The van der Waals surface area contributed by atoms with Crippen LogP contribution in [0.3, 0.4) is 0 Å². The zero-order valence-electron chi connectivity index (χ0n) is 49.7. The lowest BCUT2D eigenvalue weighted by atomic mass is 10.0. The van der Waals surface area contributed by atoms with E-state index >= 15 is 0 Å². The summed E-state index contributed by atoms with van der Waals surface area (Å²) in [4.78, 5) is 37.9. The van der Waals surface area contributed by atoms with Crippen molar-refractivity contribution in [2.24, 2.45) is 0 Å². The second kappa shape index (κ2) is 63.8. The summed E-state index contributed by atoms with van der Waals surface area (Å²) in [6.07, 6.45) is 91.8. The lowest BCUT2D eigenvalue weighted by molar-refractivity contribution is -0.167. The zero-order chi connectivity index (χ0) is 55.7. The third-order valence-corrected chi connectivity index (χ3v) is 12.8. The van der Waals surface area contributed by atoms with Crippen LogP contribution in [-0.4, -0.2) is 37.2 Å². The predicted octanol–water partition coefficient (Wildman–Crippen LogP) is 21.5. The molecular formula is C71H114O6. The molecule has 6 heteroatoms. The molecule has 77 heavy (non-hydrogen) atoms. The van der Waals surface area contributed by atoms with Gasteiger partial charge in [0.25, 0.3) is 0 Å². The molecule has 1 atom stereocenters. The van der Waals surface area contributed by atoms with Crippen molar-refractivity contribution in [1.82, 2.24) is 0 Å². The van der Waals surface area contributed by atoms with E-state index in [0.717, 1.165) is 161 Å². The molecule has 0 aliphatic rings. The topological polar surface area (TPSA) is 78.9 Å². The summed E-state index contributed by atoms with van der Waals surface area (Å²) in [6, 6.07) is 0. The van der Waals surface area contributed by atoms with E-state index in [9.17, 15) is 14.4 Å². The molecule has 0 rings (SSSR count). The molecule has 0 fully saturated rings. The molecular weight excluding hydrogens is 949 g/mol. The third kappa shape index (κ3) is 62.0. The Morgan fingerprint density at radius 3 is 0.792 bits per heavy atom. The molecule has 0 aliphatic carbocycles. The zero-order valence-corrected chi connectivity index (χ0v) is 49.7. The number of rotatable bonds is 55. The quantitative estimate of drug-likeness (QED) is 0.0261. The summed E-state index contributed by atoms with van der Waals surface area (Å²) in [5.74, 6) is -0.936. The van der Waals surface area contributed by atoms with Gasteiger partial charge in [0.1, 0.15) is 13.2 Å². The molecule has 6 nitrogen and oxygen atoms in total. The fourth-order valence-corrected chi connectivity index (χ4v) is 8.21. The highest BCUT2D eigenvalue weighted by Gasteiger charge is 2.19. The molecule has 434 valence electrons. The Labute approximate surface area is 474 Å². The van der Waals surface area contributed by atoms with Crippen molar-refractivity contribution < 1.29 is 28.6 Å². The maximum Gasteiger partial charge on any atom is 0.306 e. The fourth-order valence-electron chi connectivity index (χ4n) is 8.21. The van der Waals surface area contributed by atoms with E-state index in [0.29, 0.717) is 19.3 Å². The number of allylic oxidation sites excluding steroid dienone is 24. The first-order valence-corrected chi connectivity index (χ1v) is 31.3. The van der Waals surface area contributed by atoms with E-state index in [1.54, 1.807) is 0 Å². The molecule has 0 saturated carbocycles. The number of ether oxygens (including phenoxy) is 3. The molecule has 0 amide bonds. The first-order chi connectivity index (χ1) is 38.0. The molecule has 0 radical (unpaired) electrons. The smallest absolute Gasteiger partial charge is 0.306 e. The Morgan fingerprint density at radius 2 is 0.506 bits per heavy atom. The van der Waals surface area contributed by atoms with Crippen molar-refractivity contribution in [2.75, 3.05) is 13.2 Å². The van der Waals surface area contributed by atoms with Crippen LogP contribution in [0, 0.1) is 0 Å². The van der Waals surface area contributed by atoms with Gasteiger partial charge in [0, 0.05) is 19.3 Å². The lowest BCUT2D eigenvalue weighted by Crippen LogP contribution is -2.30. The molecule has 0 heterocycles. The maximum absolute atomic E-state index is 12.8. The van der Waals surface area contributed by atoms with Crippen LogP contribution in [0.15, 0.2) is 146 Å². The number of unbranched alkanes of at least 4 members (excludes halogenated alkanes) is 20. The van der Waals surface area contributed by atoms with Crippen LogP contribution < -0.4 is 0 Å². The Hall–Kier alpha value is -4.71. The lowest BCUT2D eigenvalue weighted by Gasteiger charge is -2.18. The van der Waals surface area contributed by atoms with Crippen LogP contribution in [0.5, 0.6) is 0 Å². The molecule has 0 N–H and O–H groups in total. The number of esters is 3. The normalized spacial score (nSPS) is 13.1. The molecule has 1 unspecified atom stereocenters. The number of carbonyl (C=O) groups is 3. The monoisotopic (exact) mass is 1060 g/mol. The van der Waals surface area contributed by atoms with E-state index < -0.39 is 6.10 Å². The largest absolute Gasteiger partial charge is 0.462 e. The Bertz CT molecular complexity index is 1700. The van der Waals surface area contributed by atoms with Gasteiger partial charge < -0.3 is 14.2 Å². The predicted molar refractivity (Wildman–Crippen MR) is 334 cm³/mol. The first kappa shape index (κ1) is 72.3. The summed E-state index contributed by atoms with van der Waals surface area (Å²) < 4.78 is 16.7. The van der Waals surface area contributed by atoms with Gasteiger partial charge in [0.05, 0.1) is 0 Å². The van der Waals surface area contributed by atoms with Crippen LogP contribution in [0.4, 0.5) is 0 Å². The fraction of sp³-hybridized carbons (Fsp3) is 0.620. The summed E-state index contributed by atoms with van der Waals surface area (Å²) in [6.45, 7) is 6.30. The van der Waals surface area contributed by atoms with Crippen LogP contribution in [0.2, 0.25) is 0 Å². The Kier molecular flexibility index (Phi) is 59.9. The molecule has 0 aromatic heterocycles. The van der Waals surface area contributed by atoms with Gasteiger partial charge in [-0.3, -0.25) is 14.4 Å². The standard InChI is InChI=1S/C71H114O6/c1-4-7-10-13-15-17-19-21-23-25-27-29-31-33-34-35-36-38-39-41-43-45-47-49-51-53-55-58-61-64-70(73)76-67-68(66-75-69(72)63-60-57-12-9-6-3)77-71(74)65-62-59-56-54-52-50-48-46-44-42-40-37-32-30-28-26-24-22-20-18-16-14-11-8-5-2/h7-8,10-11,15-18,21-24,27-30,33-34,36,38,41,43,47,49,68H,4-6,9,12-14,19-20,25-26,31-32,35,37,39-40,42,44-46,48,50-67H2,1-3H3/b10-7-,11-8-,17-15-,18-16-,23-21-,24-22-,29-27-,30-28-,34-33-,38-36-,43-41-,49-47-. The highest BCUT2D eigenvalue weighted by molar-refractivity contribution is 5.71. The van der Waals surface area contributed by atoms with Crippen molar-refractivity contribution in [3.05, 3.63) is 146 Å². The Morgan fingerprint density at radius 1 is 0.273 bits per heavy atom. The molecule has 0 aromatic carbocycles. The molecule has 0 saturated heterocycles. The first-order valence-electron chi connectivity index (χ1n) is 31.3. The summed E-state index contributed by atoms with van der Waals surface area (Å²) in [5.41, 5.74) is 0. The van der Waals surface area contributed by atoms with Gasteiger partial charge in [0.15, 0.2) is 6.10 Å². The van der Waals surface area contributed by atoms with Gasteiger partial charge >= 0.3 is 17.9 Å². The van der Waals surface area contributed by atoms with Crippen LogP contribution in [-0.2, 0) is 28.6 Å². The van der Waals surface area contributed by atoms with Gasteiger partial charge in [-0.05, 0) is 122 Å². The minimum Gasteiger partial charge on any atom is -0.462 e. The van der Waals surface area contributed by atoms with Gasteiger partial charge in [-0.15, -0.1) is 0 Å². The average molecular weight is 1060 g/mol. The van der Waals surface area contributed by atoms with E-state index in [1.807, 2.05) is 0 Å². The van der Waals surface area contributed by atoms with Crippen LogP contribution >= 0.6 is 0 Å². The number of carbonyl (C=O) groups excluding carboxylic acids is 3. The summed E-state index contributed by atoms with van der Waals surface area (Å²) in [7, 11) is 0. The molecule has 0 aliphatic heterocycles. The van der Waals surface area contributed by atoms with Crippen molar-refractivity contribution in [3.8, 4) is 0 Å². The van der Waals surface area contributed by atoms with Crippen LogP contribution in [0.1, 0.15) is 265 Å². The van der Waals surface area contributed by atoms with Gasteiger partial charge in [0.2, 0.25) is 0 Å². The van der Waals surface area contributed by atoms with E-state index in [4.69, 9.17) is 14.2 Å². The van der Waals surface area contributed by atoms with Crippen molar-refractivity contribution >= 4 is 17.9 Å². The van der Waals surface area contributed by atoms with E-state index in [-0.39, 0.29) is 31.1 Å². The number of hydrogen-bond donors (Lipinski definition) is 0. The second-order valence-corrected chi connectivity index (χ2v) is 20.2. The van der Waals surface area contributed by atoms with Gasteiger partial charge in [-0.25, -0.2) is 0 Å². The van der Waals surface area contributed by atoms with E-state index in [1.165, 1.54) is 64.2 Å². The van der Waals surface area contributed by atoms with Crippen LogP contribution in [0.25, 0.3) is 0 Å². The highest BCUT2D eigenvalue weighted by Crippen LogP contribution is 2.15. The number of hydrogen-bond acceptors (Lipinski definition) is 6. The van der Waals surface area contributed by atoms with Crippen molar-refractivity contribution in [1.29, 1.82) is 0 Å². The minimum atomic E-state index is -0.792. The Balaban J connectivity index is 4.15. The maximum atomic E-state index is 12.8. The summed E-state index contributed by atoms with van der Waals surface area (Å²) >= 11 is 0. The average Bonchev–Trinajstić information content (AvgIpc) is 3.43. The SMILES string of the molecule is CC/C=C\C/C=C\C/C=C\C/C=C\C/C=C\C/C=C\C/C=C\C/C=C\CCCCCCC(=O)OCC(COC(=O)CCCCCCC)OC(=O)CCCCCCCCCCCCCC/C=C\C/C=C\C/C=C\C/C=C\CC. The summed E-state index contributed by atoms with van der Waals surface area (Å²) in [5, 5.41) is 0. The van der Waals surface area contributed by atoms with Crippen molar-refractivity contribution in [2.45, 2.75) is 271 Å². The third-order valence-electron chi connectivity index (χ3n) is 12.8.